The van der Waals surface area contributed by atoms with Gasteiger partial charge in [0.25, 0.3) is 0 Å². The minimum absolute atomic E-state index is 0.163. The Hall–Kier alpha value is -4.47. The predicted molar refractivity (Wildman–Crippen MR) is 172 cm³/mol. The van der Waals surface area contributed by atoms with Gasteiger partial charge >= 0.3 is 5.97 Å². The lowest BCUT2D eigenvalue weighted by Gasteiger charge is -2.42. The van der Waals surface area contributed by atoms with E-state index in [0.29, 0.717) is 19.4 Å². The molecule has 0 radical (unpaired) electrons. The van der Waals surface area contributed by atoms with Gasteiger partial charge in [-0.15, -0.1) is 0 Å². The molecule has 0 saturated carbocycles. The van der Waals surface area contributed by atoms with Gasteiger partial charge in [-0.2, -0.15) is 0 Å². The number of ether oxygens (including phenoxy) is 1. The van der Waals surface area contributed by atoms with Crippen molar-refractivity contribution in [1.82, 2.24) is 4.90 Å². The maximum absolute atomic E-state index is 13.0. The molecule has 0 aliphatic rings. The highest BCUT2D eigenvalue weighted by atomic mass is 16.5. The molecular formula is C39H39NO2. The molecular weight excluding hydrogens is 514 g/mol. The first-order valence-electron chi connectivity index (χ1n) is 14.7. The predicted octanol–water partition coefficient (Wildman–Crippen LogP) is 8.88. The molecule has 0 fully saturated rings. The van der Waals surface area contributed by atoms with Crippen LogP contribution in [0.3, 0.4) is 0 Å². The fourth-order valence-electron chi connectivity index (χ4n) is 5.47. The summed E-state index contributed by atoms with van der Waals surface area (Å²) < 4.78 is 5.70. The lowest BCUT2D eigenvalue weighted by Crippen LogP contribution is -2.47. The number of carbonyl (C=O) groups excluding carboxylic acids is 1. The van der Waals surface area contributed by atoms with Crippen LogP contribution in [0, 0.1) is 0 Å². The van der Waals surface area contributed by atoms with E-state index in [9.17, 15) is 4.79 Å². The molecule has 0 aliphatic carbocycles. The van der Waals surface area contributed by atoms with Gasteiger partial charge in [0.2, 0.25) is 0 Å². The van der Waals surface area contributed by atoms with Crippen molar-refractivity contribution in [2.24, 2.45) is 0 Å². The maximum Gasteiger partial charge on any atom is 0.306 e. The summed E-state index contributed by atoms with van der Waals surface area (Å²) in [6.45, 7) is 4.17. The van der Waals surface area contributed by atoms with E-state index >= 15 is 0 Å². The number of nitrogens with zero attached hydrogens (tertiary/aromatic N) is 1. The van der Waals surface area contributed by atoms with Crippen LogP contribution in [-0.2, 0) is 35.6 Å². The first-order valence-corrected chi connectivity index (χ1v) is 14.7. The van der Waals surface area contributed by atoms with Gasteiger partial charge in [0.1, 0.15) is 6.61 Å². The first-order chi connectivity index (χ1) is 20.6. The molecule has 0 saturated heterocycles. The summed E-state index contributed by atoms with van der Waals surface area (Å²) in [5.74, 6) is -0.163. The Morgan fingerprint density at radius 3 is 1.55 bits per heavy atom. The van der Waals surface area contributed by atoms with E-state index in [0.717, 1.165) is 25.1 Å². The van der Waals surface area contributed by atoms with E-state index in [2.05, 4.69) is 121 Å². The van der Waals surface area contributed by atoms with Crippen molar-refractivity contribution in [2.45, 2.75) is 51.4 Å². The van der Waals surface area contributed by atoms with Gasteiger partial charge in [0, 0.05) is 25.0 Å². The zero-order valence-corrected chi connectivity index (χ0v) is 24.4. The van der Waals surface area contributed by atoms with Crippen LogP contribution in [-0.4, -0.2) is 16.4 Å². The van der Waals surface area contributed by atoms with Gasteiger partial charge in [0.05, 0.1) is 0 Å². The molecule has 0 amide bonds. The number of hydrogen-bond donors (Lipinski definition) is 0. The highest BCUT2D eigenvalue weighted by molar-refractivity contribution is 5.69. The van der Waals surface area contributed by atoms with Crippen molar-refractivity contribution >= 4 is 5.97 Å². The zero-order chi connectivity index (χ0) is 29.0. The molecule has 42 heavy (non-hydrogen) atoms. The Balaban J connectivity index is 1.39. The number of benzene rings is 5. The average molecular weight is 554 g/mol. The van der Waals surface area contributed by atoms with Crippen molar-refractivity contribution in [2.75, 3.05) is 0 Å². The molecule has 3 nitrogen and oxygen atoms in total. The molecule has 5 aromatic carbocycles. The van der Waals surface area contributed by atoms with Gasteiger partial charge < -0.3 is 4.74 Å². The number of esters is 1. The summed E-state index contributed by atoms with van der Waals surface area (Å²) in [7, 11) is 0. The Bertz CT molecular complexity index is 1460. The van der Waals surface area contributed by atoms with Gasteiger partial charge in [-0.25, -0.2) is 0 Å². The van der Waals surface area contributed by atoms with Gasteiger partial charge in [-0.3, -0.25) is 9.69 Å². The Kier molecular flexibility index (Phi) is 9.98. The molecule has 0 unspecified atom stereocenters. The second-order valence-electron chi connectivity index (χ2n) is 11.2. The Morgan fingerprint density at radius 2 is 1.02 bits per heavy atom. The van der Waals surface area contributed by atoms with E-state index in [1.54, 1.807) is 0 Å². The fourth-order valence-corrected chi connectivity index (χ4v) is 5.47. The van der Waals surface area contributed by atoms with E-state index in [1.165, 1.54) is 27.8 Å². The van der Waals surface area contributed by atoms with Gasteiger partial charge in [-0.05, 0) is 53.1 Å². The summed E-state index contributed by atoms with van der Waals surface area (Å²) in [6.07, 6.45) is 1.85. The number of carbonyl (C=O) groups is 1. The molecule has 1 atom stereocenters. The number of rotatable bonds is 13. The quantitative estimate of drug-likeness (QED) is 0.136. The zero-order valence-electron chi connectivity index (χ0n) is 24.4. The molecule has 3 heteroatoms. The highest BCUT2D eigenvalue weighted by Crippen LogP contribution is 2.31. The average Bonchev–Trinajstić information content (AvgIpc) is 3.05. The van der Waals surface area contributed by atoms with Crippen LogP contribution in [0.5, 0.6) is 0 Å². The summed E-state index contributed by atoms with van der Waals surface area (Å²) in [6, 6.07) is 50.4. The fraction of sp³-hybridized carbons (Fsp3) is 0.205. The van der Waals surface area contributed by atoms with Crippen LogP contribution in [0.15, 0.2) is 146 Å². The lowest BCUT2D eigenvalue weighted by molar-refractivity contribution is -0.145. The third-order valence-corrected chi connectivity index (χ3v) is 7.95. The minimum atomic E-state index is -0.300. The largest absolute Gasteiger partial charge is 0.461 e. The van der Waals surface area contributed by atoms with Crippen molar-refractivity contribution < 1.29 is 9.53 Å². The van der Waals surface area contributed by atoms with Crippen molar-refractivity contribution in [3.05, 3.63) is 168 Å². The Labute approximate surface area is 250 Å². The summed E-state index contributed by atoms with van der Waals surface area (Å²) in [5, 5.41) is 0. The maximum atomic E-state index is 13.0. The molecule has 212 valence electrons. The third kappa shape index (κ3) is 8.28. The molecule has 0 bridgehead atoms. The first kappa shape index (κ1) is 29.0. The molecule has 0 aromatic heterocycles. The molecule has 0 spiro atoms. The van der Waals surface area contributed by atoms with Crippen molar-refractivity contribution in [3.63, 3.8) is 0 Å². The third-order valence-electron chi connectivity index (χ3n) is 7.95. The van der Waals surface area contributed by atoms with Crippen LogP contribution in [0.4, 0.5) is 0 Å². The van der Waals surface area contributed by atoms with Crippen LogP contribution in [0.1, 0.15) is 42.0 Å². The van der Waals surface area contributed by atoms with Crippen LogP contribution in [0.2, 0.25) is 0 Å². The lowest BCUT2D eigenvalue weighted by atomic mass is 9.85. The van der Waals surface area contributed by atoms with Crippen molar-refractivity contribution in [3.8, 4) is 11.1 Å². The SMILES string of the molecule is C[C@](CCC(=O)OCc1ccccc1)(Cc1ccc(-c2ccccc2)cc1)N(Cc1ccccc1)Cc1ccccc1. The van der Waals surface area contributed by atoms with E-state index < -0.39 is 0 Å². The van der Waals surface area contributed by atoms with Gasteiger partial charge in [0.15, 0.2) is 0 Å². The van der Waals surface area contributed by atoms with Gasteiger partial charge in [-0.1, -0.05) is 146 Å². The van der Waals surface area contributed by atoms with E-state index in [4.69, 9.17) is 4.74 Å². The summed E-state index contributed by atoms with van der Waals surface area (Å²) in [4.78, 5) is 15.6. The minimum Gasteiger partial charge on any atom is -0.461 e. The van der Waals surface area contributed by atoms with Crippen molar-refractivity contribution in [1.29, 1.82) is 0 Å². The molecule has 0 heterocycles. The standard InChI is InChI=1S/C39H39NO2/c1-39(27-26-38(41)42-31-35-18-10-4-11-19-35,28-32-22-24-37(25-23-32)36-20-12-5-13-21-36)40(29-33-14-6-2-7-15-33)30-34-16-8-3-9-17-34/h2-25H,26-31H2,1H3/t39-/m0/s1. The summed E-state index contributed by atoms with van der Waals surface area (Å²) >= 11 is 0. The van der Waals surface area contributed by atoms with Crippen LogP contribution < -0.4 is 0 Å². The van der Waals surface area contributed by atoms with E-state index in [-0.39, 0.29) is 11.5 Å². The molecule has 0 N–H and O–H groups in total. The second-order valence-corrected chi connectivity index (χ2v) is 11.2. The topological polar surface area (TPSA) is 29.5 Å². The smallest absolute Gasteiger partial charge is 0.306 e. The summed E-state index contributed by atoms with van der Waals surface area (Å²) in [5.41, 5.74) is 6.88. The molecule has 0 aliphatic heterocycles. The molecule has 5 aromatic rings. The Morgan fingerprint density at radius 1 is 0.571 bits per heavy atom. The number of hydrogen-bond acceptors (Lipinski definition) is 3. The van der Waals surface area contributed by atoms with E-state index in [1.807, 2.05) is 36.4 Å². The van der Waals surface area contributed by atoms with Crippen LogP contribution >= 0.6 is 0 Å². The highest BCUT2D eigenvalue weighted by Gasteiger charge is 2.33. The molecule has 5 rings (SSSR count). The monoisotopic (exact) mass is 553 g/mol. The van der Waals surface area contributed by atoms with Crippen LogP contribution in [0.25, 0.3) is 11.1 Å². The normalized spacial score (nSPS) is 12.5. The second kappa shape index (κ2) is 14.4.